The van der Waals surface area contributed by atoms with E-state index in [4.69, 9.17) is 75.3 Å². The summed E-state index contributed by atoms with van der Waals surface area (Å²) < 4.78 is 23.7. The Morgan fingerprint density at radius 2 is 0.536 bits per heavy atom. The van der Waals surface area contributed by atoms with Crippen LogP contribution in [0.15, 0.2) is 170 Å². The van der Waals surface area contributed by atoms with Crippen LogP contribution in [-0.2, 0) is 0 Å². The molecule has 0 atom stereocenters. The molecule has 8 aromatic carbocycles. The second kappa shape index (κ2) is 23.3. The van der Waals surface area contributed by atoms with E-state index in [-0.39, 0.29) is 52.9 Å². The highest BCUT2D eigenvalue weighted by Crippen LogP contribution is 2.53. The van der Waals surface area contributed by atoms with Crippen LogP contribution in [0.4, 0.5) is 0 Å². The molecule has 0 amide bonds. The Balaban J connectivity index is 1.31. The molecule has 3 aliphatic rings. The fourth-order valence-corrected chi connectivity index (χ4v) is 12.4. The molecular weight excluding hydrogens is 1140 g/mol. The third-order valence-corrected chi connectivity index (χ3v) is 16.2. The lowest BCUT2D eigenvalue weighted by atomic mass is 9.93. The highest BCUT2D eigenvalue weighted by Gasteiger charge is 2.31. The summed E-state index contributed by atoms with van der Waals surface area (Å²) in [5.74, 6) is 1.62. The van der Waals surface area contributed by atoms with Crippen molar-refractivity contribution >= 4 is 90.0 Å². The van der Waals surface area contributed by atoms with Crippen LogP contribution in [0.3, 0.4) is 0 Å². The van der Waals surface area contributed by atoms with Crippen molar-refractivity contribution in [3.63, 3.8) is 0 Å². The van der Waals surface area contributed by atoms with Crippen molar-refractivity contribution in [1.82, 2.24) is 19.9 Å². The van der Waals surface area contributed by atoms with Gasteiger partial charge in [0.2, 0.25) is 0 Å². The monoisotopic (exact) mass is 1190 g/mol. The van der Waals surface area contributed by atoms with Crippen molar-refractivity contribution in [2.45, 2.75) is 0 Å². The molecule has 418 valence electrons. The Hall–Kier alpha value is -8.40. The van der Waals surface area contributed by atoms with E-state index in [1.165, 1.54) is 0 Å². The molecule has 13 rings (SSSR count). The molecule has 0 fully saturated rings. The maximum absolute atomic E-state index is 9.77. The minimum atomic E-state index is -0.196. The summed E-state index contributed by atoms with van der Waals surface area (Å²) in [4.78, 5) is 19.8. The lowest BCUT2D eigenvalue weighted by Crippen LogP contribution is -2.02. The van der Waals surface area contributed by atoms with E-state index in [0.29, 0.717) is 88.1 Å². The number of aromatic nitrogens is 4. The Bertz CT molecular complexity index is 4030. The second-order valence-corrected chi connectivity index (χ2v) is 21.5. The van der Waals surface area contributed by atoms with Crippen molar-refractivity contribution in [1.29, 1.82) is 0 Å². The number of aliphatic hydroxyl groups excluding tert-OH is 4. The fourth-order valence-electron chi connectivity index (χ4n) is 11.5. The molecule has 0 saturated heterocycles. The maximum atomic E-state index is 9.77. The van der Waals surface area contributed by atoms with Crippen LogP contribution < -0.4 is 18.9 Å². The number of benzene rings is 8. The molecular formula is C68H50Cl4N4O8. The van der Waals surface area contributed by atoms with Gasteiger partial charge in [-0.05, 0) is 70.8 Å². The predicted molar refractivity (Wildman–Crippen MR) is 337 cm³/mol. The second-order valence-electron chi connectivity index (χ2n) is 19.9. The van der Waals surface area contributed by atoms with Gasteiger partial charge in [0, 0.05) is 66.1 Å². The number of nitrogens with one attached hydrogen (secondary N) is 2. The van der Waals surface area contributed by atoms with Gasteiger partial charge in [-0.3, -0.25) is 0 Å². The highest BCUT2D eigenvalue weighted by molar-refractivity contribution is 6.34. The summed E-state index contributed by atoms with van der Waals surface area (Å²) in [7, 11) is 0. The number of nitrogens with zero attached hydrogens (tertiary/aromatic N) is 2. The van der Waals surface area contributed by atoms with Crippen LogP contribution in [0.2, 0.25) is 20.1 Å². The van der Waals surface area contributed by atoms with Crippen LogP contribution in [0.5, 0.6) is 23.0 Å². The first kappa shape index (κ1) is 54.8. The van der Waals surface area contributed by atoms with Gasteiger partial charge in [0.15, 0.2) is 0 Å². The Morgan fingerprint density at radius 3 is 0.750 bits per heavy atom. The predicted octanol–water partition coefficient (Wildman–Crippen LogP) is 16.1. The van der Waals surface area contributed by atoms with E-state index in [9.17, 15) is 20.4 Å². The van der Waals surface area contributed by atoms with E-state index >= 15 is 0 Å². The summed E-state index contributed by atoms with van der Waals surface area (Å²) in [6, 6.07) is 55.1. The van der Waals surface area contributed by atoms with Gasteiger partial charge in [-0.15, -0.1) is 0 Å². The molecule has 0 spiro atoms. The van der Waals surface area contributed by atoms with Crippen molar-refractivity contribution < 1.29 is 39.4 Å². The van der Waals surface area contributed by atoms with E-state index in [2.05, 4.69) is 58.5 Å². The number of ether oxygens (including phenoxy) is 4. The zero-order valence-electron chi connectivity index (χ0n) is 44.7. The molecule has 2 aliphatic heterocycles. The van der Waals surface area contributed by atoms with Crippen LogP contribution in [0.1, 0.15) is 0 Å². The fraction of sp³-hybridized carbons (Fsp3) is 0.118. The van der Waals surface area contributed by atoms with Gasteiger partial charge in [0.1, 0.15) is 49.4 Å². The Labute approximate surface area is 501 Å². The smallest absolute Gasteiger partial charge is 0.138 e. The summed E-state index contributed by atoms with van der Waals surface area (Å²) in [5.41, 5.74) is 14.5. The summed E-state index contributed by atoms with van der Waals surface area (Å²) in [6.07, 6.45) is 0. The largest absolute Gasteiger partial charge is 0.490 e. The van der Waals surface area contributed by atoms with E-state index < -0.39 is 0 Å². The SMILES string of the molecule is OCCOc1ccc(-c2c3nc(c(-c4ccc(OCCO)c(Cl)c4)c4[nH]c(c(-c5ccc(OCCO)c(Cl)c5)c5nc(c(-c6ccc(OCCO)c(Cl)c6)c6[nH]c2c2ccccc62)-c2ccccc2-5)c2ccccc42)-c2ccccc2-3)cc1Cl. The third-order valence-electron chi connectivity index (χ3n) is 15.0. The quantitative estimate of drug-likeness (QED) is 0.0546. The normalized spacial score (nSPS) is 11.7. The topological polar surface area (TPSA) is 175 Å². The summed E-state index contributed by atoms with van der Waals surface area (Å²) in [5, 5.41) is 43.8. The van der Waals surface area contributed by atoms with Gasteiger partial charge in [0.25, 0.3) is 0 Å². The first-order chi connectivity index (χ1) is 41.2. The minimum absolute atomic E-state index is 0.0496. The summed E-state index contributed by atoms with van der Waals surface area (Å²) in [6.45, 7) is -0.584. The molecule has 4 heterocycles. The average Bonchev–Trinajstić information content (AvgIpc) is 4.20. The number of hydrogen-bond acceptors (Lipinski definition) is 10. The first-order valence-electron chi connectivity index (χ1n) is 27.1. The van der Waals surface area contributed by atoms with Gasteiger partial charge < -0.3 is 49.3 Å². The van der Waals surface area contributed by atoms with Crippen molar-refractivity contribution in [2.75, 3.05) is 52.9 Å². The molecule has 0 unspecified atom stereocenters. The standard InChI is InChI=1S/C68H50Cl4N4O8/c69-49-33-37(17-21-53(49)81-29-25-77)57-61-41-9-1-2-10-42(41)62(73-61)58(38-18-22-54(50(70)34-38)82-30-26-78)64-45-13-5-6-14-46(45)66(75-64)60(40-20-24-56(52(72)36-40)84-32-28-80)68-48-16-8-7-15-47(48)67(76-68)59(39-19-23-55(51(71)35-39)83-31-27-79)65-44-12-4-3-11-43(44)63(57)74-65/h1-24,33-36,73,76-80H,25-32H2. The van der Waals surface area contributed by atoms with Crippen LogP contribution >= 0.6 is 46.4 Å². The van der Waals surface area contributed by atoms with Crippen LogP contribution in [0.25, 0.3) is 133 Å². The van der Waals surface area contributed by atoms with Gasteiger partial charge in [-0.1, -0.05) is 168 Å². The molecule has 2 aromatic heterocycles. The lowest BCUT2D eigenvalue weighted by Gasteiger charge is -2.12. The van der Waals surface area contributed by atoms with Crippen LogP contribution in [-0.4, -0.2) is 93.2 Å². The number of halogens is 4. The lowest BCUT2D eigenvalue weighted by molar-refractivity contribution is 0.201. The first-order valence-corrected chi connectivity index (χ1v) is 28.7. The average molecular weight is 1190 g/mol. The number of hydrogen-bond donors (Lipinski definition) is 6. The molecule has 16 heteroatoms. The van der Waals surface area contributed by atoms with Gasteiger partial charge >= 0.3 is 0 Å². The molecule has 12 nitrogen and oxygen atoms in total. The van der Waals surface area contributed by atoms with Crippen molar-refractivity contribution in [3.8, 4) is 113 Å². The third kappa shape index (κ3) is 9.74. The molecule has 0 saturated carbocycles. The van der Waals surface area contributed by atoms with Gasteiger partial charge in [-0.2, -0.15) is 0 Å². The van der Waals surface area contributed by atoms with Crippen molar-refractivity contribution in [3.05, 3.63) is 190 Å². The molecule has 0 radical (unpaired) electrons. The Kier molecular flexibility index (Phi) is 15.2. The number of aliphatic hydroxyl groups is 4. The molecule has 6 N–H and O–H groups in total. The summed E-state index contributed by atoms with van der Waals surface area (Å²) >= 11 is 28.8. The van der Waals surface area contributed by atoms with E-state index in [1.807, 2.05) is 121 Å². The zero-order chi connectivity index (χ0) is 57.6. The number of aromatic amines is 2. The molecule has 10 aromatic rings. The van der Waals surface area contributed by atoms with E-state index in [0.717, 1.165) is 88.1 Å². The molecule has 84 heavy (non-hydrogen) atoms. The zero-order valence-corrected chi connectivity index (χ0v) is 47.7. The minimum Gasteiger partial charge on any atom is -0.490 e. The molecule has 8 bridgehead atoms. The maximum Gasteiger partial charge on any atom is 0.138 e. The van der Waals surface area contributed by atoms with Crippen molar-refractivity contribution in [2.24, 2.45) is 0 Å². The molecule has 1 aliphatic carbocycles. The van der Waals surface area contributed by atoms with Gasteiger partial charge in [0.05, 0.1) is 91.4 Å². The Morgan fingerprint density at radius 1 is 0.310 bits per heavy atom. The van der Waals surface area contributed by atoms with E-state index in [1.54, 1.807) is 0 Å². The van der Waals surface area contributed by atoms with Crippen LogP contribution in [0, 0.1) is 0 Å². The highest BCUT2D eigenvalue weighted by atomic mass is 35.5. The number of H-pyrrole nitrogens is 2. The number of rotatable bonds is 16. The van der Waals surface area contributed by atoms with Gasteiger partial charge in [-0.25, -0.2) is 9.97 Å².